The number of benzene rings is 2. The molecule has 0 spiro atoms. The number of nitrogens with zero attached hydrogens (tertiary/aromatic N) is 2. The molecule has 31 heavy (non-hydrogen) atoms. The van der Waals surface area contributed by atoms with Crippen LogP contribution in [0.1, 0.15) is 17.2 Å². The Labute approximate surface area is 179 Å². The van der Waals surface area contributed by atoms with Gasteiger partial charge >= 0.3 is 0 Å². The Morgan fingerprint density at radius 2 is 1.77 bits per heavy atom. The first-order valence-electron chi connectivity index (χ1n) is 9.55. The van der Waals surface area contributed by atoms with Crippen LogP contribution in [0.5, 0.6) is 11.5 Å². The molecule has 7 nitrogen and oxygen atoms in total. The van der Waals surface area contributed by atoms with E-state index in [0.717, 1.165) is 0 Å². The Hall–Kier alpha value is -4.13. The zero-order chi connectivity index (χ0) is 22.0. The van der Waals surface area contributed by atoms with Crippen LogP contribution >= 0.6 is 0 Å². The molecule has 7 heteroatoms. The number of rotatable bonds is 5. The number of aliphatic hydroxyl groups is 1. The number of methoxy groups -OCH3 is 2. The van der Waals surface area contributed by atoms with Crippen molar-refractivity contribution in [1.29, 1.82) is 0 Å². The molecular weight excluding hydrogens is 396 g/mol. The number of hydrogen-bond acceptors (Lipinski definition) is 6. The average molecular weight is 416 g/mol. The Morgan fingerprint density at radius 3 is 2.42 bits per heavy atom. The Kier molecular flexibility index (Phi) is 5.41. The fourth-order valence-corrected chi connectivity index (χ4v) is 3.69. The highest BCUT2D eigenvalue weighted by atomic mass is 16.5. The summed E-state index contributed by atoms with van der Waals surface area (Å²) in [6.45, 7) is 0. The summed E-state index contributed by atoms with van der Waals surface area (Å²) < 4.78 is 10.8. The van der Waals surface area contributed by atoms with Crippen LogP contribution in [0.4, 0.5) is 5.69 Å². The maximum atomic E-state index is 13.1. The summed E-state index contributed by atoms with van der Waals surface area (Å²) in [4.78, 5) is 31.6. The van der Waals surface area contributed by atoms with E-state index in [1.165, 1.54) is 25.3 Å². The molecular formula is C24H20N2O5. The van der Waals surface area contributed by atoms with Gasteiger partial charge in [-0.3, -0.25) is 19.5 Å². The fourth-order valence-electron chi connectivity index (χ4n) is 3.69. The standard InChI is InChI=1S/C24H20N2O5/c1-30-17-10-11-18(19(13-17)31-2)21-20(22(27)15-7-4-3-5-8-15)23(28)24(29)26(21)16-9-6-12-25-14-16/h3-14,21,27H,1-2H3/b22-20+. The van der Waals surface area contributed by atoms with E-state index < -0.39 is 17.7 Å². The van der Waals surface area contributed by atoms with E-state index in [-0.39, 0.29) is 11.3 Å². The van der Waals surface area contributed by atoms with Crippen molar-refractivity contribution >= 4 is 23.1 Å². The highest BCUT2D eigenvalue weighted by molar-refractivity contribution is 6.51. The van der Waals surface area contributed by atoms with Crippen molar-refractivity contribution in [2.75, 3.05) is 19.1 Å². The predicted molar refractivity (Wildman–Crippen MR) is 115 cm³/mol. The van der Waals surface area contributed by atoms with Gasteiger partial charge in [0.15, 0.2) is 0 Å². The third kappa shape index (κ3) is 3.50. The van der Waals surface area contributed by atoms with Crippen LogP contribution in [0, 0.1) is 0 Å². The number of anilines is 1. The Bertz CT molecular complexity index is 1160. The lowest BCUT2D eigenvalue weighted by Crippen LogP contribution is -2.29. The van der Waals surface area contributed by atoms with Crippen LogP contribution in [0.2, 0.25) is 0 Å². The number of carbonyl (C=O) groups excluding carboxylic acids is 2. The Morgan fingerprint density at radius 1 is 1.00 bits per heavy atom. The van der Waals surface area contributed by atoms with Gasteiger partial charge < -0.3 is 14.6 Å². The van der Waals surface area contributed by atoms with Crippen molar-refractivity contribution < 1.29 is 24.2 Å². The maximum absolute atomic E-state index is 13.1. The van der Waals surface area contributed by atoms with Gasteiger partial charge in [0.1, 0.15) is 17.3 Å². The molecule has 1 unspecified atom stereocenters. The minimum Gasteiger partial charge on any atom is -0.507 e. The molecule has 1 N–H and O–H groups in total. The highest BCUT2D eigenvalue weighted by Gasteiger charge is 2.48. The minimum atomic E-state index is -0.912. The van der Waals surface area contributed by atoms with E-state index in [2.05, 4.69) is 4.98 Å². The summed E-state index contributed by atoms with van der Waals surface area (Å²) in [5.41, 5.74) is 1.37. The normalized spacial score (nSPS) is 17.6. The average Bonchev–Trinajstić information content (AvgIpc) is 3.09. The smallest absolute Gasteiger partial charge is 0.300 e. The summed E-state index contributed by atoms with van der Waals surface area (Å²) in [5, 5.41) is 11.1. The number of ketones is 1. The van der Waals surface area contributed by atoms with Crippen LogP contribution in [0.25, 0.3) is 5.76 Å². The summed E-state index contributed by atoms with van der Waals surface area (Å²) >= 11 is 0. The number of carbonyl (C=O) groups is 2. The topological polar surface area (TPSA) is 89.0 Å². The number of ether oxygens (including phenoxy) is 2. The molecule has 4 rings (SSSR count). The van der Waals surface area contributed by atoms with E-state index in [9.17, 15) is 14.7 Å². The molecule has 1 aliphatic heterocycles. The second-order valence-electron chi connectivity index (χ2n) is 6.85. The molecule has 156 valence electrons. The lowest BCUT2D eigenvalue weighted by molar-refractivity contribution is -0.132. The number of aromatic nitrogens is 1. The molecule has 0 aliphatic carbocycles. The predicted octanol–water partition coefficient (Wildman–Crippen LogP) is 3.73. The molecule has 3 aromatic rings. The molecule has 0 radical (unpaired) electrons. The third-order valence-corrected chi connectivity index (χ3v) is 5.15. The largest absolute Gasteiger partial charge is 0.507 e. The van der Waals surface area contributed by atoms with Crippen LogP contribution in [-0.2, 0) is 9.59 Å². The molecule has 1 fully saturated rings. The zero-order valence-electron chi connectivity index (χ0n) is 17.0. The second kappa shape index (κ2) is 8.31. The van der Waals surface area contributed by atoms with Crippen LogP contribution in [0.15, 0.2) is 78.6 Å². The van der Waals surface area contributed by atoms with Gasteiger partial charge in [-0.25, -0.2) is 0 Å². The van der Waals surface area contributed by atoms with Crippen LogP contribution in [-0.4, -0.2) is 36.0 Å². The number of pyridine rings is 1. The fraction of sp³-hybridized carbons (Fsp3) is 0.125. The zero-order valence-corrected chi connectivity index (χ0v) is 17.0. The van der Waals surface area contributed by atoms with E-state index in [1.54, 1.807) is 66.9 Å². The monoisotopic (exact) mass is 416 g/mol. The number of aliphatic hydroxyl groups excluding tert-OH is 1. The minimum absolute atomic E-state index is 0.0245. The van der Waals surface area contributed by atoms with E-state index in [0.29, 0.717) is 28.3 Å². The summed E-state index contributed by atoms with van der Waals surface area (Å²) in [6.07, 6.45) is 3.07. The van der Waals surface area contributed by atoms with Gasteiger partial charge in [-0.2, -0.15) is 0 Å². The summed E-state index contributed by atoms with van der Waals surface area (Å²) in [7, 11) is 3.03. The molecule has 1 atom stereocenters. The van der Waals surface area contributed by atoms with Crippen molar-refractivity contribution in [1.82, 2.24) is 4.98 Å². The third-order valence-electron chi connectivity index (χ3n) is 5.15. The van der Waals surface area contributed by atoms with Crippen molar-refractivity contribution in [2.24, 2.45) is 0 Å². The molecule has 1 aromatic heterocycles. The van der Waals surface area contributed by atoms with E-state index in [4.69, 9.17) is 9.47 Å². The van der Waals surface area contributed by atoms with Crippen molar-refractivity contribution in [3.63, 3.8) is 0 Å². The van der Waals surface area contributed by atoms with Crippen LogP contribution < -0.4 is 14.4 Å². The quantitative estimate of drug-likeness (QED) is 0.387. The lowest BCUT2D eigenvalue weighted by Gasteiger charge is -2.26. The molecule has 2 aromatic carbocycles. The lowest BCUT2D eigenvalue weighted by atomic mass is 9.94. The van der Waals surface area contributed by atoms with Crippen molar-refractivity contribution in [2.45, 2.75) is 6.04 Å². The molecule has 2 heterocycles. The maximum Gasteiger partial charge on any atom is 0.300 e. The summed E-state index contributed by atoms with van der Waals surface area (Å²) in [5.74, 6) is -0.823. The first kappa shape index (κ1) is 20.2. The van der Waals surface area contributed by atoms with Gasteiger partial charge in [0.2, 0.25) is 0 Å². The second-order valence-corrected chi connectivity index (χ2v) is 6.85. The number of hydrogen-bond donors (Lipinski definition) is 1. The van der Waals surface area contributed by atoms with Crippen LogP contribution in [0.3, 0.4) is 0 Å². The first-order chi connectivity index (χ1) is 15.1. The number of Topliss-reactive ketones (excluding diaryl/α,β-unsaturated/α-hetero) is 1. The van der Waals surface area contributed by atoms with Crippen molar-refractivity contribution in [3.05, 3.63) is 89.8 Å². The van der Waals surface area contributed by atoms with Gasteiger partial charge in [-0.15, -0.1) is 0 Å². The SMILES string of the molecule is COc1ccc(C2/C(=C(\O)c3ccccc3)C(=O)C(=O)N2c2cccnc2)c(OC)c1. The molecule has 1 aliphatic rings. The number of amides is 1. The molecule has 1 saturated heterocycles. The Balaban J connectivity index is 1.99. The highest BCUT2D eigenvalue weighted by Crippen LogP contribution is 2.45. The van der Waals surface area contributed by atoms with E-state index in [1.807, 2.05) is 0 Å². The van der Waals surface area contributed by atoms with Gasteiger partial charge in [0.05, 0.1) is 37.7 Å². The molecule has 0 saturated carbocycles. The van der Waals surface area contributed by atoms with Crippen molar-refractivity contribution in [3.8, 4) is 11.5 Å². The summed E-state index contributed by atoms with van der Waals surface area (Å²) in [6, 6.07) is 16.2. The molecule has 1 amide bonds. The van der Waals surface area contributed by atoms with Gasteiger partial charge in [-0.05, 0) is 24.3 Å². The first-order valence-corrected chi connectivity index (χ1v) is 9.55. The molecule has 0 bridgehead atoms. The van der Waals surface area contributed by atoms with Gasteiger partial charge in [-0.1, -0.05) is 30.3 Å². The van der Waals surface area contributed by atoms with E-state index >= 15 is 0 Å². The van der Waals surface area contributed by atoms with Gasteiger partial charge in [0, 0.05) is 23.4 Å². The van der Waals surface area contributed by atoms with Gasteiger partial charge in [0.25, 0.3) is 11.7 Å².